The van der Waals surface area contributed by atoms with E-state index < -0.39 is 0 Å². The van der Waals surface area contributed by atoms with Gasteiger partial charge in [-0.1, -0.05) is 173 Å². The summed E-state index contributed by atoms with van der Waals surface area (Å²) in [4.78, 5) is 0. The smallest absolute Gasteiger partial charge is 0.119 e. The second-order valence-corrected chi connectivity index (χ2v) is 17.4. The Labute approximate surface area is 384 Å². The summed E-state index contributed by atoms with van der Waals surface area (Å²) < 4.78 is 10.5. The Morgan fingerprint density at radius 1 is 0.431 bits per heavy atom. The number of aromatic nitrogens is 2. The molecule has 0 unspecified atom stereocenters. The van der Waals surface area contributed by atoms with Crippen LogP contribution in [0.25, 0.3) is 65.9 Å². The highest BCUT2D eigenvalue weighted by Crippen LogP contribution is 2.39. The number of phenols is 1. The Hall–Kier alpha value is -7.04. The van der Waals surface area contributed by atoms with Crippen molar-refractivity contribution in [2.75, 3.05) is 7.11 Å². The van der Waals surface area contributed by atoms with Gasteiger partial charge in [0, 0.05) is 34.9 Å². The topological polar surface area (TPSA) is 39.3 Å². The molecule has 2 aromatic heterocycles. The second kappa shape index (κ2) is 20.2. The second-order valence-electron chi connectivity index (χ2n) is 17.4. The number of nitrogens with zero attached hydrogens (tertiary/aromatic N) is 2. The van der Waals surface area contributed by atoms with Gasteiger partial charge in [0.15, 0.2) is 0 Å². The highest BCUT2D eigenvalue weighted by Gasteiger charge is 2.21. The number of rotatable bonds is 15. The Bertz CT molecular complexity index is 3180. The SMILES string of the molecule is CCCCCc1c(-c2ccc3cc(O)ccc3c2)n(Cc2ccccc2)c2ccccc12.CCCCCc1c(-c2ccc3cc(OC)ccc3c2)n(Cc2ccccc2)c2ccccc12. The first-order chi connectivity index (χ1) is 32.0. The van der Waals surface area contributed by atoms with Gasteiger partial charge in [-0.3, -0.25) is 0 Å². The Balaban J connectivity index is 0.000000164. The average molecular weight is 853 g/mol. The van der Waals surface area contributed by atoms with Gasteiger partial charge in [-0.2, -0.15) is 0 Å². The van der Waals surface area contributed by atoms with Crippen molar-refractivity contribution in [1.82, 2.24) is 9.13 Å². The number of benzene rings is 8. The normalized spacial score (nSPS) is 11.4. The first kappa shape index (κ1) is 43.2. The molecule has 10 aromatic rings. The molecule has 1 N–H and O–H groups in total. The van der Waals surface area contributed by atoms with Crippen LogP contribution in [0.15, 0.2) is 182 Å². The summed E-state index contributed by atoms with van der Waals surface area (Å²) in [5, 5.41) is 17.3. The van der Waals surface area contributed by atoms with E-state index in [-0.39, 0.29) is 0 Å². The lowest BCUT2D eigenvalue weighted by atomic mass is 9.98. The predicted octanol–water partition coefficient (Wildman–Crippen LogP) is 16.2. The van der Waals surface area contributed by atoms with Gasteiger partial charge in [0.05, 0.1) is 18.5 Å². The summed E-state index contributed by atoms with van der Waals surface area (Å²) in [5.41, 5.74) is 13.4. The molecule has 0 fully saturated rings. The molecule has 10 rings (SSSR count). The highest BCUT2D eigenvalue weighted by molar-refractivity contribution is 5.96. The van der Waals surface area contributed by atoms with Gasteiger partial charge in [-0.05, 0) is 129 Å². The zero-order valence-electron chi connectivity index (χ0n) is 38.1. The van der Waals surface area contributed by atoms with Crippen molar-refractivity contribution >= 4 is 43.4 Å². The van der Waals surface area contributed by atoms with Gasteiger partial charge in [-0.15, -0.1) is 0 Å². The van der Waals surface area contributed by atoms with Gasteiger partial charge in [0.25, 0.3) is 0 Å². The molecule has 0 spiro atoms. The summed E-state index contributed by atoms with van der Waals surface area (Å²) in [6.45, 7) is 6.25. The summed E-state index contributed by atoms with van der Waals surface area (Å²) >= 11 is 0. The molecular formula is C61H60N2O2. The fourth-order valence-electron chi connectivity index (χ4n) is 9.76. The molecule has 0 saturated carbocycles. The average Bonchev–Trinajstić information content (AvgIpc) is 3.83. The van der Waals surface area contributed by atoms with E-state index in [1.54, 1.807) is 13.2 Å². The molecular weight excluding hydrogens is 793 g/mol. The summed E-state index contributed by atoms with van der Waals surface area (Å²) in [7, 11) is 1.72. The van der Waals surface area contributed by atoms with Crippen LogP contribution < -0.4 is 4.74 Å². The van der Waals surface area contributed by atoms with E-state index in [0.29, 0.717) is 5.75 Å². The standard InChI is InChI=1S/C31H31NO.C30H29NO/c1-3-4-6-14-29-28-13-9-10-15-30(28)32(22-23-11-7-5-8-12-23)31(29)26-17-16-25-21-27(33-2)19-18-24(25)20-26;1-2-3-5-13-28-27-12-8-9-14-29(27)31(21-22-10-6-4-7-11-22)30(28)25-16-15-24-20-26(32)18-17-23(24)19-25/h5,7-13,15-21H,3-4,6,14,22H2,1-2H3;4,6-12,14-20,32H,2-3,5,13,21H2,1H3. The molecule has 8 aromatic carbocycles. The van der Waals surface area contributed by atoms with Crippen LogP contribution in [0.3, 0.4) is 0 Å². The summed E-state index contributed by atoms with van der Waals surface area (Å²) in [6, 6.07) is 64.7. The van der Waals surface area contributed by atoms with Crippen LogP contribution in [0, 0.1) is 0 Å². The van der Waals surface area contributed by atoms with Crippen molar-refractivity contribution in [2.45, 2.75) is 78.3 Å². The molecule has 65 heavy (non-hydrogen) atoms. The Morgan fingerprint density at radius 2 is 0.862 bits per heavy atom. The molecule has 0 aliphatic carbocycles. The lowest BCUT2D eigenvalue weighted by Crippen LogP contribution is -2.03. The number of methoxy groups -OCH3 is 1. The number of phenolic OH excluding ortho intramolecular Hbond substituents is 1. The van der Waals surface area contributed by atoms with Crippen molar-refractivity contribution in [3.05, 3.63) is 204 Å². The first-order valence-electron chi connectivity index (χ1n) is 23.6. The van der Waals surface area contributed by atoms with E-state index in [9.17, 15) is 5.11 Å². The van der Waals surface area contributed by atoms with Gasteiger partial charge in [-0.25, -0.2) is 0 Å². The van der Waals surface area contributed by atoms with E-state index >= 15 is 0 Å². The number of unbranched alkanes of at least 4 members (excludes halogenated alkanes) is 4. The molecule has 0 bridgehead atoms. The van der Waals surface area contributed by atoms with E-state index in [2.05, 4.69) is 181 Å². The number of hydrogen-bond acceptors (Lipinski definition) is 2. The molecule has 0 amide bonds. The van der Waals surface area contributed by atoms with Gasteiger partial charge >= 0.3 is 0 Å². The van der Waals surface area contributed by atoms with Crippen LogP contribution in [-0.4, -0.2) is 21.4 Å². The number of fused-ring (bicyclic) bond motifs is 4. The third-order valence-corrected chi connectivity index (χ3v) is 13.0. The van der Waals surface area contributed by atoms with Crippen LogP contribution in [-0.2, 0) is 25.9 Å². The zero-order valence-corrected chi connectivity index (χ0v) is 38.1. The minimum absolute atomic E-state index is 0.309. The quantitative estimate of drug-likeness (QED) is 0.104. The van der Waals surface area contributed by atoms with Crippen LogP contribution in [0.4, 0.5) is 0 Å². The Kier molecular flexibility index (Phi) is 13.4. The summed E-state index contributed by atoms with van der Waals surface area (Å²) in [6.07, 6.45) is 9.56. The van der Waals surface area contributed by atoms with Crippen molar-refractivity contribution in [3.8, 4) is 34.0 Å². The van der Waals surface area contributed by atoms with Crippen LogP contribution >= 0.6 is 0 Å². The van der Waals surface area contributed by atoms with Gasteiger partial charge in [0.2, 0.25) is 0 Å². The van der Waals surface area contributed by atoms with Crippen molar-refractivity contribution in [2.24, 2.45) is 0 Å². The molecule has 2 heterocycles. The number of hydrogen-bond donors (Lipinski definition) is 1. The first-order valence-corrected chi connectivity index (χ1v) is 23.6. The Morgan fingerprint density at radius 3 is 1.35 bits per heavy atom. The van der Waals surface area contributed by atoms with E-state index in [1.165, 1.54) is 116 Å². The lowest BCUT2D eigenvalue weighted by Gasteiger charge is -2.14. The summed E-state index contributed by atoms with van der Waals surface area (Å²) in [5.74, 6) is 1.21. The fourth-order valence-corrected chi connectivity index (χ4v) is 9.76. The molecule has 0 atom stereocenters. The van der Waals surface area contributed by atoms with Crippen molar-refractivity contribution in [3.63, 3.8) is 0 Å². The minimum atomic E-state index is 0.309. The molecule has 0 aliphatic heterocycles. The fraction of sp³-hybridized carbons (Fsp3) is 0.213. The van der Waals surface area contributed by atoms with E-state index in [4.69, 9.17) is 4.74 Å². The highest BCUT2D eigenvalue weighted by atomic mass is 16.5. The predicted molar refractivity (Wildman–Crippen MR) is 276 cm³/mol. The van der Waals surface area contributed by atoms with E-state index in [1.807, 2.05) is 18.2 Å². The monoisotopic (exact) mass is 852 g/mol. The van der Waals surface area contributed by atoms with Gasteiger partial charge in [0.1, 0.15) is 11.5 Å². The largest absolute Gasteiger partial charge is 0.508 e. The van der Waals surface area contributed by atoms with Crippen LogP contribution in [0.2, 0.25) is 0 Å². The molecule has 0 radical (unpaired) electrons. The zero-order chi connectivity index (χ0) is 44.5. The molecule has 4 heteroatoms. The maximum atomic E-state index is 9.88. The molecule has 4 nitrogen and oxygen atoms in total. The minimum Gasteiger partial charge on any atom is -0.508 e. The third kappa shape index (κ3) is 9.45. The maximum Gasteiger partial charge on any atom is 0.119 e. The molecule has 326 valence electrons. The lowest BCUT2D eigenvalue weighted by molar-refractivity contribution is 0.415. The van der Waals surface area contributed by atoms with Crippen molar-refractivity contribution < 1.29 is 9.84 Å². The number of aryl methyl sites for hydroxylation is 2. The van der Waals surface area contributed by atoms with Gasteiger partial charge < -0.3 is 19.0 Å². The van der Waals surface area contributed by atoms with Crippen LogP contribution in [0.1, 0.15) is 74.6 Å². The third-order valence-electron chi connectivity index (χ3n) is 13.0. The maximum absolute atomic E-state index is 9.88. The number of ether oxygens (including phenoxy) is 1. The van der Waals surface area contributed by atoms with Crippen LogP contribution in [0.5, 0.6) is 11.5 Å². The molecule has 0 aliphatic rings. The van der Waals surface area contributed by atoms with Crippen molar-refractivity contribution in [1.29, 1.82) is 0 Å². The number of para-hydroxylation sites is 2. The van der Waals surface area contributed by atoms with E-state index in [0.717, 1.165) is 42.5 Å². The number of aromatic hydroxyl groups is 1. The molecule has 0 saturated heterocycles.